The third-order valence-electron chi connectivity index (χ3n) is 2.88. The molecule has 0 saturated heterocycles. The standard InChI is InChI=1S/C16H15ClN2O3/c1-22-15-9-12(7-8-14(15)20)11-18-19(16(21)10-17)13-5-3-2-4-6-13/h2-9,11,20H,10H2,1H3/b18-11+. The zero-order valence-electron chi connectivity index (χ0n) is 11.9. The Balaban J connectivity index is 2.29. The van der Waals surface area contributed by atoms with Crippen molar-refractivity contribution in [2.45, 2.75) is 0 Å². The first-order valence-electron chi connectivity index (χ1n) is 6.50. The lowest BCUT2D eigenvalue weighted by molar-refractivity contribution is -0.116. The number of para-hydroxylation sites is 1. The number of phenols is 1. The van der Waals surface area contributed by atoms with E-state index in [1.165, 1.54) is 24.4 Å². The molecule has 1 amide bonds. The molecule has 0 saturated carbocycles. The van der Waals surface area contributed by atoms with Crippen LogP contribution in [0.2, 0.25) is 0 Å². The number of carbonyl (C=O) groups is 1. The highest BCUT2D eigenvalue weighted by molar-refractivity contribution is 6.29. The second-order valence-corrected chi connectivity index (χ2v) is 4.62. The van der Waals surface area contributed by atoms with Gasteiger partial charge in [-0.05, 0) is 35.9 Å². The van der Waals surface area contributed by atoms with Gasteiger partial charge in [-0.15, -0.1) is 11.6 Å². The Bertz CT molecular complexity index is 674. The fourth-order valence-electron chi connectivity index (χ4n) is 1.80. The van der Waals surface area contributed by atoms with E-state index in [0.717, 1.165) is 0 Å². The summed E-state index contributed by atoms with van der Waals surface area (Å²) in [5, 5.41) is 15.0. The third-order valence-corrected chi connectivity index (χ3v) is 3.11. The lowest BCUT2D eigenvalue weighted by atomic mass is 10.2. The average Bonchev–Trinajstić information content (AvgIpc) is 2.57. The molecule has 2 rings (SSSR count). The predicted molar refractivity (Wildman–Crippen MR) is 86.9 cm³/mol. The Morgan fingerprint density at radius 1 is 1.32 bits per heavy atom. The van der Waals surface area contributed by atoms with Crippen molar-refractivity contribution >= 4 is 29.4 Å². The van der Waals surface area contributed by atoms with Crippen LogP contribution in [0.3, 0.4) is 0 Å². The van der Waals surface area contributed by atoms with E-state index in [0.29, 0.717) is 17.0 Å². The van der Waals surface area contributed by atoms with E-state index in [2.05, 4.69) is 5.10 Å². The summed E-state index contributed by atoms with van der Waals surface area (Å²) in [6.07, 6.45) is 1.50. The minimum absolute atomic E-state index is 0.0383. The summed E-state index contributed by atoms with van der Waals surface area (Å²) in [7, 11) is 1.46. The summed E-state index contributed by atoms with van der Waals surface area (Å²) in [4.78, 5) is 11.9. The number of carbonyl (C=O) groups excluding carboxylic acids is 1. The molecule has 2 aromatic carbocycles. The van der Waals surface area contributed by atoms with Crippen LogP contribution in [0.25, 0.3) is 0 Å². The molecule has 0 heterocycles. The molecule has 0 bridgehead atoms. The van der Waals surface area contributed by atoms with Crippen LogP contribution < -0.4 is 9.75 Å². The number of ether oxygens (including phenoxy) is 1. The summed E-state index contributed by atoms with van der Waals surface area (Å²) in [6, 6.07) is 13.8. The molecule has 0 atom stereocenters. The number of methoxy groups -OCH3 is 1. The predicted octanol–water partition coefficient (Wildman–Crippen LogP) is 3.01. The molecule has 0 unspecified atom stereocenters. The topological polar surface area (TPSA) is 62.1 Å². The Hall–Kier alpha value is -2.53. The van der Waals surface area contributed by atoms with Crippen LogP contribution in [0.15, 0.2) is 53.6 Å². The van der Waals surface area contributed by atoms with E-state index < -0.39 is 0 Å². The number of nitrogens with zero attached hydrogens (tertiary/aromatic N) is 2. The maximum Gasteiger partial charge on any atom is 0.262 e. The minimum Gasteiger partial charge on any atom is -0.504 e. The van der Waals surface area contributed by atoms with Crippen LogP contribution in [-0.2, 0) is 4.79 Å². The van der Waals surface area contributed by atoms with Crippen LogP contribution >= 0.6 is 11.6 Å². The summed E-state index contributed by atoms with van der Waals surface area (Å²) in [5.74, 6) is -0.143. The largest absolute Gasteiger partial charge is 0.504 e. The molecule has 22 heavy (non-hydrogen) atoms. The molecule has 0 radical (unpaired) electrons. The van der Waals surface area contributed by atoms with Gasteiger partial charge < -0.3 is 9.84 Å². The molecule has 0 aliphatic rings. The second kappa shape index (κ2) is 7.47. The van der Waals surface area contributed by atoms with Gasteiger partial charge in [-0.3, -0.25) is 4.79 Å². The van der Waals surface area contributed by atoms with Crippen LogP contribution in [0.4, 0.5) is 5.69 Å². The van der Waals surface area contributed by atoms with Crippen LogP contribution in [-0.4, -0.2) is 30.2 Å². The third kappa shape index (κ3) is 3.77. The molecular weight excluding hydrogens is 304 g/mol. The van der Waals surface area contributed by atoms with Gasteiger partial charge in [0, 0.05) is 0 Å². The maximum absolute atomic E-state index is 11.9. The Labute approximate surface area is 133 Å². The molecule has 5 nitrogen and oxygen atoms in total. The van der Waals surface area contributed by atoms with Gasteiger partial charge in [-0.2, -0.15) is 10.1 Å². The molecule has 1 N–H and O–H groups in total. The molecule has 0 aromatic heterocycles. The highest BCUT2D eigenvalue weighted by atomic mass is 35.5. The van der Waals surface area contributed by atoms with Crippen LogP contribution in [0.1, 0.15) is 5.56 Å². The van der Waals surface area contributed by atoms with Crippen molar-refractivity contribution in [1.29, 1.82) is 0 Å². The number of halogens is 1. The van der Waals surface area contributed by atoms with Gasteiger partial charge in [0.1, 0.15) is 5.88 Å². The van der Waals surface area contributed by atoms with Gasteiger partial charge in [0.25, 0.3) is 5.91 Å². The van der Waals surface area contributed by atoms with Crippen molar-refractivity contribution in [3.63, 3.8) is 0 Å². The molecule has 114 valence electrons. The Kier molecular flexibility index (Phi) is 5.38. The van der Waals surface area contributed by atoms with Gasteiger partial charge in [0.05, 0.1) is 19.0 Å². The van der Waals surface area contributed by atoms with Gasteiger partial charge in [0.15, 0.2) is 11.5 Å². The number of rotatable bonds is 5. The fourth-order valence-corrected chi connectivity index (χ4v) is 1.91. The number of anilines is 1. The van der Waals surface area contributed by atoms with E-state index in [-0.39, 0.29) is 17.5 Å². The number of amides is 1. The zero-order chi connectivity index (χ0) is 15.9. The molecule has 0 spiro atoms. The zero-order valence-corrected chi connectivity index (χ0v) is 12.7. The van der Waals surface area contributed by atoms with Crippen molar-refractivity contribution < 1.29 is 14.6 Å². The molecule has 0 aliphatic heterocycles. The lowest BCUT2D eigenvalue weighted by Gasteiger charge is -2.15. The maximum atomic E-state index is 11.9. The molecular formula is C16H15ClN2O3. The highest BCUT2D eigenvalue weighted by Gasteiger charge is 2.13. The summed E-state index contributed by atoms with van der Waals surface area (Å²) < 4.78 is 5.03. The lowest BCUT2D eigenvalue weighted by Crippen LogP contribution is -2.26. The summed E-state index contributed by atoms with van der Waals surface area (Å²) >= 11 is 5.63. The van der Waals surface area contributed by atoms with Gasteiger partial charge in [-0.1, -0.05) is 18.2 Å². The van der Waals surface area contributed by atoms with Crippen LogP contribution in [0, 0.1) is 0 Å². The Morgan fingerprint density at radius 2 is 2.05 bits per heavy atom. The normalized spacial score (nSPS) is 10.6. The van der Waals surface area contributed by atoms with E-state index in [1.807, 2.05) is 18.2 Å². The number of hydrogen-bond acceptors (Lipinski definition) is 4. The first-order valence-corrected chi connectivity index (χ1v) is 7.04. The number of aromatic hydroxyl groups is 1. The number of benzene rings is 2. The quantitative estimate of drug-likeness (QED) is 0.523. The van der Waals surface area contributed by atoms with E-state index >= 15 is 0 Å². The van der Waals surface area contributed by atoms with Crippen molar-refractivity contribution in [2.75, 3.05) is 18.0 Å². The van der Waals surface area contributed by atoms with Crippen molar-refractivity contribution in [1.82, 2.24) is 0 Å². The number of hydrazone groups is 1. The number of hydrogen-bond donors (Lipinski definition) is 1. The smallest absolute Gasteiger partial charge is 0.262 e. The van der Waals surface area contributed by atoms with E-state index in [9.17, 15) is 9.90 Å². The molecule has 0 aliphatic carbocycles. The SMILES string of the molecule is COc1cc(/C=N/N(C(=O)CCl)c2ccccc2)ccc1O. The number of alkyl halides is 1. The van der Waals surface area contributed by atoms with E-state index in [1.54, 1.807) is 24.3 Å². The first kappa shape index (κ1) is 15.9. The monoisotopic (exact) mass is 318 g/mol. The van der Waals surface area contributed by atoms with Gasteiger partial charge in [0.2, 0.25) is 0 Å². The van der Waals surface area contributed by atoms with Crippen molar-refractivity contribution in [3.05, 3.63) is 54.1 Å². The average molecular weight is 319 g/mol. The number of phenolic OH excluding ortho intramolecular Hbond substituents is 1. The minimum atomic E-state index is -0.338. The second-order valence-electron chi connectivity index (χ2n) is 4.35. The first-order chi connectivity index (χ1) is 10.7. The Morgan fingerprint density at radius 3 is 2.68 bits per heavy atom. The summed E-state index contributed by atoms with van der Waals surface area (Å²) in [6.45, 7) is 0. The van der Waals surface area contributed by atoms with Crippen molar-refractivity contribution in [3.8, 4) is 11.5 Å². The fraction of sp³-hybridized carbons (Fsp3) is 0.125. The molecule has 2 aromatic rings. The van der Waals surface area contributed by atoms with E-state index in [4.69, 9.17) is 16.3 Å². The van der Waals surface area contributed by atoms with Gasteiger partial charge in [-0.25, -0.2) is 0 Å². The molecule has 0 fully saturated rings. The van der Waals surface area contributed by atoms with Crippen LogP contribution in [0.5, 0.6) is 11.5 Å². The van der Waals surface area contributed by atoms with Gasteiger partial charge >= 0.3 is 0 Å². The summed E-state index contributed by atoms with van der Waals surface area (Å²) in [5.41, 5.74) is 1.30. The molecule has 6 heteroatoms. The highest BCUT2D eigenvalue weighted by Crippen LogP contribution is 2.25. The van der Waals surface area contributed by atoms with Crippen molar-refractivity contribution in [2.24, 2.45) is 5.10 Å².